The number of benzene rings is 1. The van der Waals surface area contributed by atoms with Crippen LogP contribution in [0.5, 0.6) is 0 Å². The highest BCUT2D eigenvalue weighted by molar-refractivity contribution is 7.89. The molecule has 106 valence electrons. The molecule has 1 aliphatic carbocycles. The number of nitrogen functional groups attached to an aromatic ring is 1. The summed E-state index contributed by atoms with van der Waals surface area (Å²) in [6.45, 7) is 0. The van der Waals surface area contributed by atoms with E-state index < -0.39 is 10.0 Å². The summed E-state index contributed by atoms with van der Waals surface area (Å²) >= 11 is 11.8. The number of hydrogen-bond donors (Lipinski definition) is 2. The van der Waals surface area contributed by atoms with Crippen molar-refractivity contribution in [1.82, 2.24) is 4.72 Å². The van der Waals surface area contributed by atoms with Crippen LogP contribution in [-0.4, -0.2) is 14.5 Å². The molecule has 0 aromatic heterocycles. The van der Waals surface area contributed by atoms with Crippen LogP contribution in [-0.2, 0) is 10.0 Å². The standard InChI is InChI=1S/C12H16Cl2N2O2S/c13-9-6-7-10(11(14)12(9)15)19(17,18)16-8-4-2-1-3-5-8/h6-8,16H,1-5,15H2. The number of sulfonamides is 1. The molecule has 0 heterocycles. The van der Waals surface area contributed by atoms with Crippen molar-refractivity contribution in [2.24, 2.45) is 0 Å². The van der Waals surface area contributed by atoms with Crippen LogP contribution in [0.25, 0.3) is 0 Å². The van der Waals surface area contributed by atoms with Crippen molar-refractivity contribution in [3.05, 3.63) is 22.2 Å². The normalized spacial score (nSPS) is 17.6. The SMILES string of the molecule is Nc1c(Cl)ccc(S(=O)(=O)NC2CCCCC2)c1Cl. The smallest absolute Gasteiger partial charge is 0.242 e. The summed E-state index contributed by atoms with van der Waals surface area (Å²) in [6, 6.07) is 2.80. The molecule has 0 radical (unpaired) electrons. The minimum atomic E-state index is -3.65. The van der Waals surface area contributed by atoms with Crippen LogP contribution in [0, 0.1) is 0 Å². The Balaban J connectivity index is 2.26. The first-order chi connectivity index (χ1) is 8.92. The molecular formula is C12H16Cl2N2O2S. The van der Waals surface area contributed by atoms with Gasteiger partial charge in [-0.05, 0) is 25.0 Å². The van der Waals surface area contributed by atoms with Crippen molar-refractivity contribution in [1.29, 1.82) is 0 Å². The van der Waals surface area contributed by atoms with Gasteiger partial charge in [0.1, 0.15) is 4.90 Å². The fourth-order valence-corrected chi connectivity index (χ4v) is 4.33. The van der Waals surface area contributed by atoms with Crippen molar-refractivity contribution >= 4 is 38.9 Å². The van der Waals surface area contributed by atoms with E-state index in [1.54, 1.807) is 0 Å². The largest absolute Gasteiger partial charge is 0.396 e. The third kappa shape index (κ3) is 3.34. The van der Waals surface area contributed by atoms with Crippen LogP contribution in [0.1, 0.15) is 32.1 Å². The first-order valence-electron chi connectivity index (χ1n) is 6.17. The molecule has 1 aliphatic rings. The van der Waals surface area contributed by atoms with Crippen molar-refractivity contribution < 1.29 is 8.42 Å². The van der Waals surface area contributed by atoms with Gasteiger partial charge in [0.15, 0.2) is 0 Å². The zero-order valence-electron chi connectivity index (χ0n) is 10.3. The molecule has 2 rings (SSSR count). The third-order valence-corrected chi connectivity index (χ3v) is 5.72. The minimum Gasteiger partial charge on any atom is -0.396 e. The predicted molar refractivity (Wildman–Crippen MR) is 78.1 cm³/mol. The van der Waals surface area contributed by atoms with E-state index in [0.29, 0.717) is 0 Å². The lowest BCUT2D eigenvalue weighted by atomic mass is 9.96. The second kappa shape index (κ2) is 5.87. The van der Waals surface area contributed by atoms with Crippen LogP contribution in [0.3, 0.4) is 0 Å². The van der Waals surface area contributed by atoms with Crippen molar-refractivity contribution in [3.63, 3.8) is 0 Å². The van der Waals surface area contributed by atoms with Gasteiger partial charge in [-0.3, -0.25) is 0 Å². The molecule has 1 saturated carbocycles. The maximum Gasteiger partial charge on any atom is 0.242 e. The van der Waals surface area contributed by atoms with E-state index in [0.717, 1.165) is 32.1 Å². The summed E-state index contributed by atoms with van der Waals surface area (Å²) in [4.78, 5) is -0.0124. The second-order valence-corrected chi connectivity index (χ2v) is 7.20. The molecule has 0 unspecified atom stereocenters. The number of rotatable bonds is 3. The van der Waals surface area contributed by atoms with Gasteiger partial charge in [0.25, 0.3) is 0 Å². The Labute approximate surface area is 123 Å². The van der Waals surface area contributed by atoms with Gasteiger partial charge in [-0.15, -0.1) is 0 Å². The van der Waals surface area contributed by atoms with Crippen molar-refractivity contribution in [3.8, 4) is 0 Å². The molecule has 19 heavy (non-hydrogen) atoms. The minimum absolute atomic E-state index is 0.0124. The Bertz CT molecular complexity index is 569. The van der Waals surface area contributed by atoms with Crippen LogP contribution >= 0.6 is 23.2 Å². The molecule has 0 amide bonds. The Morgan fingerprint density at radius 1 is 1.16 bits per heavy atom. The molecular weight excluding hydrogens is 307 g/mol. The fourth-order valence-electron chi connectivity index (χ4n) is 2.26. The molecule has 1 aromatic carbocycles. The first-order valence-corrected chi connectivity index (χ1v) is 8.41. The van der Waals surface area contributed by atoms with Crippen LogP contribution < -0.4 is 10.5 Å². The maximum atomic E-state index is 12.3. The lowest BCUT2D eigenvalue weighted by Gasteiger charge is -2.23. The molecule has 0 bridgehead atoms. The van der Waals surface area contributed by atoms with E-state index in [1.807, 2.05) is 0 Å². The molecule has 0 saturated heterocycles. The summed E-state index contributed by atoms with van der Waals surface area (Å²) in [5.74, 6) is 0. The Kier molecular flexibility index (Phi) is 4.61. The van der Waals surface area contributed by atoms with Crippen molar-refractivity contribution in [2.45, 2.75) is 43.0 Å². The highest BCUT2D eigenvalue weighted by atomic mass is 35.5. The quantitative estimate of drug-likeness (QED) is 0.839. The zero-order valence-corrected chi connectivity index (χ0v) is 12.7. The molecule has 1 aromatic rings. The van der Waals surface area contributed by atoms with E-state index in [1.165, 1.54) is 12.1 Å². The zero-order chi connectivity index (χ0) is 14.0. The Hall–Kier alpha value is -0.490. The summed E-state index contributed by atoms with van der Waals surface area (Å²) in [6.07, 6.45) is 4.97. The van der Waals surface area contributed by atoms with Gasteiger partial charge in [0.2, 0.25) is 10.0 Å². The van der Waals surface area contributed by atoms with Gasteiger partial charge in [0, 0.05) is 6.04 Å². The van der Waals surface area contributed by atoms with Crippen LogP contribution in [0.4, 0.5) is 5.69 Å². The number of nitrogens with one attached hydrogen (secondary N) is 1. The highest BCUT2D eigenvalue weighted by Crippen LogP contribution is 2.33. The molecule has 7 heteroatoms. The van der Waals surface area contributed by atoms with Crippen molar-refractivity contribution in [2.75, 3.05) is 5.73 Å². The average molecular weight is 323 g/mol. The molecule has 0 atom stereocenters. The number of anilines is 1. The monoisotopic (exact) mass is 322 g/mol. The van der Waals surface area contributed by atoms with Crippen LogP contribution in [0.15, 0.2) is 17.0 Å². The Morgan fingerprint density at radius 2 is 1.79 bits per heavy atom. The van der Waals surface area contributed by atoms with E-state index in [9.17, 15) is 8.42 Å². The lowest BCUT2D eigenvalue weighted by Crippen LogP contribution is -2.36. The summed E-state index contributed by atoms with van der Waals surface area (Å²) in [5.41, 5.74) is 5.75. The van der Waals surface area contributed by atoms with Gasteiger partial charge in [-0.2, -0.15) is 0 Å². The summed E-state index contributed by atoms with van der Waals surface area (Å²) < 4.78 is 27.3. The summed E-state index contributed by atoms with van der Waals surface area (Å²) in [5, 5.41) is 0.234. The van der Waals surface area contributed by atoms with Crippen LogP contribution in [0.2, 0.25) is 10.0 Å². The third-order valence-electron chi connectivity index (χ3n) is 3.31. The maximum absolute atomic E-state index is 12.3. The van der Waals surface area contributed by atoms with E-state index >= 15 is 0 Å². The van der Waals surface area contributed by atoms with E-state index in [-0.39, 0.29) is 26.7 Å². The second-order valence-electron chi connectivity index (χ2n) is 4.73. The first kappa shape index (κ1) is 14.9. The number of nitrogens with two attached hydrogens (primary N) is 1. The Morgan fingerprint density at radius 3 is 2.42 bits per heavy atom. The van der Waals surface area contributed by atoms with Gasteiger partial charge in [0.05, 0.1) is 15.7 Å². The van der Waals surface area contributed by atoms with E-state index in [2.05, 4.69) is 4.72 Å². The van der Waals surface area contributed by atoms with E-state index in [4.69, 9.17) is 28.9 Å². The lowest BCUT2D eigenvalue weighted by molar-refractivity contribution is 0.412. The predicted octanol–water partition coefficient (Wildman–Crippen LogP) is 3.19. The molecule has 0 spiro atoms. The van der Waals surface area contributed by atoms with Gasteiger partial charge >= 0.3 is 0 Å². The molecule has 1 fully saturated rings. The number of hydrogen-bond acceptors (Lipinski definition) is 3. The molecule has 3 N–H and O–H groups in total. The topological polar surface area (TPSA) is 72.2 Å². The average Bonchev–Trinajstić information content (AvgIpc) is 2.36. The summed E-state index contributed by atoms with van der Waals surface area (Å²) in [7, 11) is -3.65. The number of halogens is 2. The fraction of sp³-hybridized carbons (Fsp3) is 0.500. The van der Waals surface area contributed by atoms with Gasteiger partial charge < -0.3 is 5.73 Å². The molecule has 4 nitrogen and oxygen atoms in total. The molecule has 0 aliphatic heterocycles. The van der Waals surface area contributed by atoms with Gasteiger partial charge in [-0.25, -0.2) is 13.1 Å². The van der Waals surface area contributed by atoms with Gasteiger partial charge in [-0.1, -0.05) is 42.5 Å². The highest BCUT2D eigenvalue weighted by Gasteiger charge is 2.25.